The summed E-state index contributed by atoms with van der Waals surface area (Å²) >= 11 is 5.68. The fraction of sp³-hybridized carbons (Fsp3) is 0.136. The Bertz CT molecular complexity index is 1230. The molecule has 0 spiro atoms. The molecule has 8 heteroatoms. The Morgan fingerprint density at radius 3 is 2.50 bits per heavy atom. The fourth-order valence-electron chi connectivity index (χ4n) is 3.55. The van der Waals surface area contributed by atoms with Crippen molar-refractivity contribution in [2.24, 2.45) is 0 Å². The van der Waals surface area contributed by atoms with Gasteiger partial charge in [0, 0.05) is 23.0 Å². The van der Waals surface area contributed by atoms with Gasteiger partial charge in [-0.3, -0.25) is 9.52 Å². The van der Waals surface area contributed by atoms with Crippen molar-refractivity contribution in [1.29, 1.82) is 0 Å². The van der Waals surface area contributed by atoms with Crippen LogP contribution in [0.4, 0.5) is 15.8 Å². The smallest absolute Gasteiger partial charge is 0.261 e. The van der Waals surface area contributed by atoms with Gasteiger partial charge in [0.2, 0.25) is 0 Å². The average molecular weight is 445 g/mol. The average Bonchev–Trinajstić information content (AvgIpc) is 3.05. The lowest BCUT2D eigenvalue weighted by molar-refractivity contribution is 0.0981. The first-order chi connectivity index (χ1) is 14.3. The van der Waals surface area contributed by atoms with E-state index >= 15 is 0 Å². The molecule has 0 radical (unpaired) electrons. The Morgan fingerprint density at radius 2 is 1.80 bits per heavy atom. The lowest BCUT2D eigenvalue weighted by atomic mass is 10.1. The first-order valence-corrected chi connectivity index (χ1v) is 11.1. The molecule has 0 saturated heterocycles. The second-order valence-electron chi connectivity index (χ2n) is 7.12. The summed E-state index contributed by atoms with van der Waals surface area (Å²) in [4.78, 5) is 14.6. The van der Waals surface area contributed by atoms with E-state index in [2.05, 4.69) is 4.72 Å². The molecule has 154 valence electrons. The molecule has 30 heavy (non-hydrogen) atoms. The summed E-state index contributed by atoms with van der Waals surface area (Å²) in [6, 6.07) is 17.2. The van der Waals surface area contributed by atoms with Gasteiger partial charge in [-0.1, -0.05) is 29.8 Å². The number of rotatable bonds is 4. The number of sulfonamides is 1. The maximum atomic E-state index is 13.3. The van der Waals surface area contributed by atoms with Crippen molar-refractivity contribution in [3.63, 3.8) is 0 Å². The second kappa shape index (κ2) is 7.74. The van der Waals surface area contributed by atoms with Crippen LogP contribution < -0.4 is 9.62 Å². The minimum Gasteiger partial charge on any atom is -0.305 e. The molecule has 1 aliphatic heterocycles. The summed E-state index contributed by atoms with van der Waals surface area (Å²) < 4.78 is 40.7. The van der Waals surface area contributed by atoms with Crippen LogP contribution in [0.3, 0.4) is 0 Å². The van der Waals surface area contributed by atoms with E-state index in [-0.39, 0.29) is 27.6 Å². The van der Waals surface area contributed by atoms with Crippen LogP contribution in [-0.4, -0.2) is 20.4 Å². The van der Waals surface area contributed by atoms with Crippen molar-refractivity contribution < 1.29 is 17.6 Å². The Morgan fingerprint density at radius 1 is 1.10 bits per heavy atom. The number of benzene rings is 3. The van der Waals surface area contributed by atoms with Gasteiger partial charge in [-0.05, 0) is 67.4 Å². The number of carbonyl (C=O) groups is 1. The minimum atomic E-state index is -3.95. The molecule has 0 saturated carbocycles. The lowest BCUT2D eigenvalue weighted by Crippen LogP contribution is -2.35. The zero-order valence-electron chi connectivity index (χ0n) is 16.0. The third kappa shape index (κ3) is 3.78. The van der Waals surface area contributed by atoms with Crippen LogP contribution in [0.15, 0.2) is 71.6 Å². The van der Waals surface area contributed by atoms with Crippen molar-refractivity contribution in [3.05, 3.63) is 88.7 Å². The number of carbonyl (C=O) groups excluding carboxylic acids is 1. The summed E-state index contributed by atoms with van der Waals surface area (Å²) in [7, 11) is -3.95. The van der Waals surface area contributed by atoms with E-state index in [0.717, 1.165) is 35.9 Å². The van der Waals surface area contributed by atoms with Gasteiger partial charge in [0.25, 0.3) is 15.9 Å². The van der Waals surface area contributed by atoms with Crippen molar-refractivity contribution in [1.82, 2.24) is 0 Å². The number of amides is 1. The highest BCUT2D eigenvalue weighted by Gasteiger charge is 2.31. The Labute approximate surface area is 179 Å². The largest absolute Gasteiger partial charge is 0.305 e. The number of hydrogen-bond donors (Lipinski definition) is 1. The molecule has 1 N–H and O–H groups in total. The van der Waals surface area contributed by atoms with Crippen LogP contribution in [0.1, 0.15) is 22.8 Å². The van der Waals surface area contributed by atoms with Crippen LogP contribution in [0.2, 0.25) is 5.02 Å². The zero-order chi connectivity index (χ0) is 21.5. The minimum absolute atomic E-state index is 0.0382. The van der Waals surface area contributed by atoms with Gasteiger partial charge in [0.15, 0.2) is 0 Å². The van der Waals surface area contributed by atoms with E-state index in [0.29, 0.717) is 5.56 Å². The fourth-order valence-corrected chi connectivity index (χ4v) is 4.88. The maximum Gasteiger partial charge on any atom is 0.261 e. The third-order valence-corrected chi connectivity index (χ3v) is 6.68. The van der Waals surface area contributed by atoms with Crippen molar-refractivity contribution in [2.45, 2.75) is 24.3 Å². The second-order valence-corrected chi connectivity index (χ2v) is 9.21. The number of nitrogens with one attached hydrogen (secondary N) is 1. The molecule has 0 bridgehead atoms. The number of anilines is 2. The molecule has 1 heterocycles. The molecular weight excluding hydrogens is 427 g/mol. The van der Waals surface area contributed by atoms with Gasteiger partial charge in [-0.15, -0.1) is 0 Å². The SMILES string of the molecule is CC1Cc2ccccc2N1C(=O)c1ccc(NS(=O)(=O)c2ccc(F)c(Cl)c2)cc1. The first-order valence-electron chi connectivity index (χ1n) is 9.25. The highest BCUT2D eigenvalue weighted by atomic mass is 35.5. The van der Waals surface area contributed by atoms with Crippen molar-refractivity contribution in [2.75, 3.05) is 9.62 Å². The number of hydrogen-bond acceptors (Lipinski definition) is 3. The van der Waals surface area contributed by atoms with Gasteiger partial charge < -0.3 is 4.90 Å². The monoisotopic (exact) mass is 444 g/mol. The van der Waals surface area contributed by atoms with Crippen molar-refractivity contribution >= 4 is 38.9 Å². The standard InChI is InChI=1S/C22H18ClFN2O3S/c1-14-12-16-4-2-3-5-21(16)26(14)22(27)15-6-8-17(9-7-15)25-30(28,29)18-10-11-20(24)19(23)13-18/h2-11,13-14,25H,12H2,1H3. The molecule has 3 aromatic carbocycles. The number of para-hydroxylation sites is 1. The van der Waals surface area contributed by atoms with Gasteiger partial charge in [0.05, 0.1) is 9.92 Å². The third-order valence-electron chi connectivity index (χ3n) is 5.01. The van der Waals surface area contributed by atoms with Crippen LogP contribution in [-0.2, 0) is 16.4 Å². The molecule has 3 aromatic rings. The van der Waals surface area contributed by atoms with Gasteiger partial charge in [-0.2, -0.15) is 0 Å². The molecule has 1 aliphatic rings. The topological polar surface area (TPSA) is 66.5 Å². The van der Waals surface area contributed by atoms with E-state index < -0.39 is 15.8 Å². The normalized spacial score (nSPS) is 15.7. The molecule has 1 amide bonds. The van der Waals surface area contributed by atoms with Crippen LogP contribution in [0.5, 0.6) is 0 Å². The molecule has 1 unspecified atom stereocenters. The van der Waals surface area contributed by atoms with E-state index in [1.165, 1.54) is 12.1 Å². The summed E-state index contributed by atoms with van der Waals surface area (Å²) in [6.07, 6.45) is 0.792. The number of fused-ring (bicyclic) bond motifs is 1. The predicted molar refractivity (Wildman–Crippen MR) is 115 cm³/mol. The van der Waals surface area contributed by atoms with E-state index in [4.69, 9.17) is 11.6 Å². The molecule has 4 rings (SSSR count). The molecule has 0 fully saturated rings. The molecule has 0 aliphatic carbocycles. The molecule has 5 nitrogen and oxygen atoms in total. The molecule has 1 atom stereocenters. The predicted octanol–water partition coefficient (Wildman–Crippen LogP) is 4.87. The first kappa shape index (κ1) is 20.4. The zero-order valence-corrected chi connectivity index (χ0v) is 17.5. The highest BCUT2D eigenvalue weighted by Crippen LogP contribution is 2.33. The van der Waals surface area contributed by atoms with Crippen molar-refractivity contribution in [3.8, 4) is 0 Å². The Hall–Kier alpha value is -2.90. The summed E-state index contributed by atoms with van der Waals surface area (Å²) in [6.45, 7) is 1.99. The summed E-state index contributed by atoms with van der Waals surface area (Å²) in [5, 5.41) is -0.279. The Kier molecular flexibility index (Phi) is 5.26. The lowest BCUT2D eigenvalue weighted by Gasteiger charge is -2.23. The van der Waals surface area contributed by atoms with E-state index in [1.807, 2.05) is 31.2 Å². The maximum absolute atomic E-state index is 13.3. The van der Waals surface area contributed by atoms with Gasteiger partial charge in [0.1, 0.15) is 5.82 Å². The molecular formula is C22H18ClFN2O3S. The number of halogens is 2. The Balaban J connectivity index is 1.54. The van der Waals surface area contributed by atoms with Crippen LogP contribution >= 0.6 is 11.6 Å². The summed E-state index contributed by atoms with van der Waals surface area (Å²) in [5.74, 6) is -0.844. The van der Waals surface area contributed by atoms with Gasteiger partial charge in [-0.25, -0.2) is 12.8 Å². The highest BCUT2D eigenvalue weighted by molar-refractivity contribution is 7.92. The van der Waals surface area contributed by atoms with Gasteiger partial charge >= 0.3 is 0 Å². The number of nitrogens with zero attached hydrogens (tertiary/aromatic N) is 1. The van der Waals surface area contributed by atoms with Crippen LogP contribution in [0, 0.1) is 5.82 Å². The quantitative estimate of drug-likeness (QED) is 0.624. The van der Waals surface area contributed by atoms with E-state index in [9.17, 15) is 17.6 Å². The molecule has 0 aromatic heterocycles. The van der Waals surface area contributed by atoms with Crippen LogP contribution in [0.25, 0.3) is 0 Å². The summed E-state index contributed by atoms with van der Waals surface area (Å²) in [5.41, 5.74) is 2.75. The van der Waals surface area contributed by atoms with E-state index in [1.54, 1.807) is 17.0 Å².